The molecule has 24 heavy (non-hydrogen) atoms. The minimum Gasteiger partial charge on any atom is -0.466 e. The number of nitrogens with zero attached hydrogens (tertiary/aromatic N) is 1. The zero-order chi connectivity index (χ0) is 17.8. The molecule has 0 aliphatic rings. The smallest absolute Gasteiger partial charge is 0.410 e. The molecule has 1 aromatic rings. The molecule has 0 bridgehead atoms. The van der Waals surface area contributed by atoms with E-state index >= 15 is 0 Å². The van der Waals surface area contributed by atoms with Crippen molar-refractivity contribution in [3.63, 3.8) is 0 Å². The number of esters is 1. The fourth-order valence-corrected chi connectivity index (χ4v) is 2.04. The van der Waals surface area contributed by atoms with Gasteiger partial charge in [-0.15, -0.1) is 0 Å². The van der Waals surface area contributed by atoms with Crippen molar-refractivity contribution in [2.75, 3.05) is 33.4 Å². The Morgan fingerprint density at radius 3 is 2.54 bits per heavy atom. The van der Waals surface area contributed by atoms with Crippen LogP contribution in [-0.2, 0) is 25.6 Å². The van der Waals surface area contributed by atoms with E-state index in [2.05, 4.69) is 0 Å². The van der Waals surface area contributed by atoms with Gasteiger partial charge in [-0.2, -0.15) is 0 Å². The molecule has 1 N–H and O–H groups in total. The number of ether oxygens (including phenoxy) is 3. The van der Waals surface area contributed by atoms with E-state index in [1.807, 2.05) is 30.3 Å². The van der Waals surface area contributed by atoms with Crippen LogP contribution in [0.1, 0.15) is 18.9 Å². The maximum atomic E-state index is 12.2. The van der Waals surface area contributed by atoms with Crippen molar-refractivity contribution >= 4 is 12.1 Å². The van der Waals surface area contributed by atoms with Crippen LogP contribution in [0.4, 0.5) is 4.79 Å². The maximum absolute atomic E-state index is 12.2. The minimum absolute atomic E-state index is 0.0849. The van der Waals surface area contributed by atoms with Gasteiger partial charge in [0.05, 0.1) is 25.9 Å². The van der Waals surface area contributed by atoms with Crippen LogP contribution in [0.3, 0.4) is 0 Å². The standard InChI is InChI=1S/C17H25NO6/c1-14(19)23-10-6-9-18(11-16(20)13-22-2)17(21)24-12-15-7-4-3-5-8-15/h3-5,7-8,16,20H,6,9-13H2,1-2H3. The summed E-state index contributed by atoms with van der Waals surface area (Å²) >= 11 is 0. The zero-order valence-corrected chi connectivity index (χ0v) is 14.1. The first-order chi connectivity index (χ1) is 11.5. The molecular weight excluding hydrogens is 314 g/mol. The Kier molecular flexibility index (Phi) is 9.48. The summed E-state index contributed by atoms with van der Waals surface area (Å²) in [5, 5.41) is 9.84. The largest absolute Gasteiger partial charge is 0.466 e. The van der Waals surface area contributed by atoms with Crippen molar-refractivity contribution in [1.29, 1.82) is 0 Å². The number of methoxy groups -OCH3 is 1. The van der Waals surface area contributed by atoms with Gasteiger partial charge in [0.1, 0.15) is 6.61 Å². The normalized spacial score (nSPS) is 11.6. The maximum Gasteiger partial charge on any atom is 0.410 e. The van der Waals surface area contributed by atoms with Gasteiger partial charge in [0.25, 0.3) is 0 Å². The highest BCUT2D eigenvalue weighted by Gasteiger charge is 2.19. The molecule has 0 fully saturated rings. The topological polar surface area (TPSA) is 85.3 Å². The Bertz CT molecular complexity index is 493. The third kappa shape index (κ3) is 8.50. The number of aliphatic hydroxyl groups excluding tert-OH is 1. The lowest BCUT2D eigenvalue weighted by atomic mass is 10.2. The second kappa shape index (κ2) is 11.4. The Morgan fingerprint density at radius 1 is 1.21 bits per heavy atom. The summed E-state index contributed by atoms with van der Waals surface area (Å²) < 4.78 is 15.0. The van der Waals surface area contributed by atoms with Crippen molar-refractivity contribution in [2.45, 2.75) is 26.1 Å². The van der Waals surface area contributed by atoms with Crippen molar-refractivity contribution in [3.8, 4) is 0 Å². The van der Waals surface area contributed by atoms with Crippen LogP contribution in [0.2, 0.25) is 0 Å². The van der Waals surface area contributed by atoms with Crippen molar-refractivity contribution < 1.29 is 28.9 Å². The molecule has 1 atom stereocenters. The van der Waals surface area contributed by atoms with E-state index in [1.165, 1.54) is 18.9 Å². The number of rotatable bonds is 10. The van der Waals surface area contributed by atoms with Crippen LogP contribution in [0.25, 0.3) is 0 Å². The molecule has 134 valence electrons. The Hall–Kier alpha value is -2.12. The molecule has 0 aliphatic heterocycles. The van der Waals surface area contributed by atoms with Gasteiger partial charge in [-0.05, 0) is 12.0 Å². The fourth-order valence-electron chi connectivity index (χ4n) is 2.04. The van der Waals surface area contributed by atoms with E-state index in [0.717, 1.165) is 5.56 Å². The molecule has 0 spiro atoms. The van der Waals surface area contributed by atoms with E-state index in [-0.39, 0.29) is 32.3 Å². The van der Waals surface area contributed by atoms with Gasteiger partial charge in [0.2, 0.25) is 0 Å². The summed E-state index contributed by atoms with van der Waals surface area (Å²) in [6, 6.07) is 9.33. The first-order valence-corrected chi connectivity index (χ1v) is 7.79. The molecule has 0 saturated heterocycles. The Labute approximate surface area is 142 Å². The van der Waals surface area contributed by atoms with E-state index in [4.69, 9.17) is 14.2 Å². The molecular formula is C17H25NO6. The van der Waals surface area contributed by atoms with Gasteiger partial charge in [0.15, 0.2) is 0 Å². The second-order valence-electron chi connectivity index (χ2n) is 5.29. The van der Waals surface area contributed by atoms with Crippen LogP contribution < -0.4 is 0 Å². The lowest BCUT2D eigenvalue weighted by Gasteiger charge is -2.24. The van der Waals surface area contributed by atoms with E-state index in [9.17, 15) is 14.7 Å². The van der Waals surface area contributed by atoms with Gasteiger partial charge in [-0.3, -0.25) is 4.79 Å². The lowest BCUT2D eigenvalue weighted by molar-refractivity contribution is -0.141. The lowest BCUT2D eigenvalue weighted by Crippen LogP contribution is -2.40. The molecule has 0 saturated carbocycles. The molecule has 1 amide bonds. The summed E-state index contributed by atoms with van der Waals surface area (Å²) in [4.78, 5) is 24.4. The van der Waals surface area contributed by atoms with E-state index in [0.29, 0.717) is 13.0 Å². The van der Waals surface area contributed by atoms with Gasteiger partial charge >= 0.3 is 12.1 Å². The van der Waals surface area contributed by atoms with E-state index < -0.39 is 12.2 Å². The highest BCUT2D eigenvalue weighted by Crippen LogP contribution is 2.05. The molecule has 0 aromatic heterocycles. The molecule has 0 aliphatic carbocycles. The summed E-state index contributed by atoms with van der Waals surface area (Å²) in [6.07, 6.45) is -0.885. The van der Waals surface area contributed by atoms with Gasteiger partial charge in [0, 0.05) is 20.6 Å². The third-order valence-electron chi connectivity index (χ3n) is 3.13. The van der Waals surface area contributed by atoms with Crippen molar-refractivity contribution in [3.05, 3.63) is 35.9 Å². The van der Waals surface area contributed by atoms with Crippen LogP contribution in [0.5, 0.6) is 0 Å². The number of hydrogen-bond donors (Lipinski definition) is 1. The Balaban J connectivity index is 2.50. The minimum atomic E-state index is -0.812. The van der Waals surface area contributed by atoms with Crippen LogP contribution in [-0.4, -0.2) is 61.6 Å². The number of aliphatic hydroxyl groups is 1. The molecule has 7 heteroatoms. The quantitative estimate of drug-likeness (QED) is 0.515. The zero-order valence-electron chi connectivity index (χ0n) is 14.1. The number of hydrogen-bond acceptors (Lipinski definition) is 6. The van der Waals surface area contributed by atoms with Crippen LogP contribution >= 0.6 is 0 Å². The molecule has 0 radical (unpaired) electrons. The molecule has 7 nitrogen and oxygen atoms in total. The monoisotopic (exact) mass is 339 g/mol. The van der Waals surface area contributed by atoms with E-state index in [1.54, 1.807) is 0 Å². The summed E-state index contributed by atoms with van der Waals surface area (Å²) in [5.41, 5.74) is 0.878. The van der Waals surface area contributed by atoms with Crippen molar-refractivity contribution in [2.24, 2.45) is 0 Å². The molecule has 0 heterocycles. The highest BCUT2D eigenvalue weighted by molar-refractivity contribution is 5.67. The Morgan fingerprint density at radius 2 is 1.92 bits per heavy atom. The number of carbonyl (C=O) groups is 2. The average molecular weight is 339 g/mol. The molecule has 1 aromatic carbocycles. The first kappa shape index (κ1) is 19.9. The predicted octanol–water partition coefficient (Wildman–Crippen LogP) is 1.59. The number of carbonyl (C=O) groups excluding carboxylic acids is 2. The SMILES string of the molecule is COCC(O)CN(CCCOC(C)=O)C(=O)OCc1ccccc1. The number of amides is 1. The van der Waals surface area contributed by atoms with Crippen LogP contribution in [0, 0.1) is 0 Å². The summed E-state index contributed by atoms with van der Waals surface area (Å²) in [7, 11) is 1.47. The summed E-state index contributed by atoms with van der Waals surface area (Å²) in [5.74, 6) is -0.368. The first-order valence-electron chi connectivity index (χ1n) is 7.79. The number of benzene rings is 1. The van der Waals surface area contributed by atoms with Gasteiger partial charge in [-0.1, -0.05) is 30.3 Å². The predicted molar refractivity (Wildman–Crippen MR) is 87.3 cm³/mol. The average Bonchev–Trinajstić information content (AvgIpc) is 2.56. The second-order valence-corrected chi connectivity index (χ2v) is 5.29. The van der Waals surface area contributed by atoms with Crippen molar-refractivity contribution in [1.82, 2.24) is 4.90 Å². The third-order valence-corrected chi connectivity index (χ3v) is 3.13. The molecule has 1 rings (SSSR count). The van der Waals surface area contributed by atoms with Gasteiger partial charge < -0.3 is 24.2 Å². The van der Waals surface area contributed by atoms with Crippen LogP contribution in [0.15, 0.2) is 30.3 Å². The molecule has 1 unspecified atom stereocenters. The van der Waals surface area contributed by atoms with Gasteiger partial charge in [-0.25, -0.2) is 4.79 Å². The summed E-state index contributed by atoms with van der Waals surface area (Å²) in [6.45, 7) is 2.20. The highest BCUT2D eigenvalue weighted by atomic mass is 16.6. The fraction of sp³-hybridized carbons (Fsp3) is 0.529.